The van der Waals surface area contributed by atoms with Gasteiger partial charge in [0.2, 0.25) is 0 Å². The number of amides is 3. The highest BCUT2D eigenvalue weighted by atomic mass is 16.5. The summed E-state index contributed by atoms with van der Waals surface area (Å²) < 4.78 is 5.35. The topological polar surface area (TPSA) is 84.0 Å². The molecule has 7 heteroatoms. The van der Waals surface area contributed by atoms with E-state index in [1.807, 2.05) is 31.2 Å². The number of fused-ring (bicyclic) bond motifs is 2. The summed E-state index contributed by atoms with van der Waals surface area (Å²) in [7, 11) is 0. The zero-order valence-corrected chi connectivity index (χ0v) is 17.5. The molecule has 0 radical (unpaired) electrons. The number of carbonyl (C=O) groups excluding carboxylic acids is 4. The number of rotatable bonds is 6. The molecule has 2 atom stereocenters. The van der Waals surface area contributed by atoms with Crippen molar-refractivity contribution in [1.29, 1.82) is 0 Å². The van der Waals surface area contributed by atoms with Crippen molar-refractivity contribution in [1.82, 2.24) is 4.90 Å². The van der Waals surface area contributed by atoms with E-state index in [9.17, 15) is 19.2 Å². The first-order chi connectivity index (χ1) is 14.9. The van der Waals surface area contributed by atoms with E-state index in [1.165, 1.54) is 0 Å². The Morgan fingerprint density at radius 1 is 1.03 bits per heavy atom. The number of benzene rings is 2. The van der Waals surface area contributed by atoms with Crippen LogP contribution in [-0.4, -0.2) is 47.3 Å². The van der Waals surface area contributed by atoms with Gasteiger partial charge < -0.3 is 9.64 Å². The van der Waals surface area contributed by atoms with E-state index in [4.69, 9.17) is 4.74 Å². The predicted molar refractivity (Wildman–Crippen MR) is 114 cm³/mol. The summed E-state index contributed by atoms with van der Waals surface area (Å²) >= 11 is 0. The number of anilines is 1. The molecule has 2 aromatic rings. The lowest BCUT2D eigenvalue weighted by Gasteiger charge is -2.26. The van der Waals surface area contributed by atoms with E-state index in [0.717, 1.165) is 22.6 Å². The number of hydrogen-bond acceptors (Lipinski definition) is 5. The van der Waals surface area contributed by atoms with Gasteiger partial charge in [-0.15, -0.1) is 0 Å². The van der Waals surface area contributed by atoms with Gasteiger partial charge in [0.15, 0.2) is 6.10 Å². The van der Waals surface area contributed by atoms with E-state index in [-0.39, 0.29) is 43.1 Å². The van der Waals surface area contributed by atoms with Gasteiger partial charge in [0, 0.05) is 24.7 Å². The van der Waals surface area contributed by atoms with Crippen molar-refractivity contribution in [2.45, 2.75) is 45.3 Å². The van der Waals surface area contributed by atoms with Gasteiger partial charge in [-0.3, -0.25) is 24.1 Å². The molecule has 2 aliphatic heterocycles. The molecular formula is C24H24N2O5. The molecule has 0 fully saturated rings. The highest BCUT2D eigenvalue weighted by Crippen LogP contribution is 2.32. The molecule has 31 heavy (non-hydrogen) atoms. The standard InChI is InChI=1S/C24H24N2O5/c1-15-14-17-8-3-6-11-20(17)26(15)22(28)16(2)31-21(27)12-7-13-25-23(29)18-9-4-5-10-19(18)24(25)30/h3-6,8-11,15-16H,7,12-14H2,1-2H3/t15-,16-/m0/s1. The van der Waals surface area contributed by atoms with Crippen LogP contribution in [0.15, 0.2) is 48.5 Å². The van der Waals surface area contributed by atoms with Crippen LogP contribution in [0.5, 0.6) is 0 Å². The Balaban J connectivity index is 1.29. The Kier molecular flexibility index (Phi) is 5.59. The zero-order chi connectivity index (χ0) is 22.1. The van der Waals surface area contributed by atoms with Crippen molar-refractivity contribution in [3.8, 4) is 0 Å². The first-order valence-corrected chi connectivity index (χ1v) is 10.4. The van der Waals surface area contributed by atoms with Gasteiger partial charge in [0.05, 0.1) is 11.1 Å². The van der Waals surface area contributed by atoms with E-state index in [1.54, 1.807) is 36.1 Å². The van der Waals surface area contributed by atoms with E-state index in [2.05, 4.69) is 0 Å². The molecule has 4 rings (SSSR count). The fourth-order valence-corrected chi connectivity index (χ4v) is 4.23. The molecule has 2 aromatic carbocycles. The number of para-hydroxylation sites is 1. The van der Waals surface area contributed by atoms with E-state index < -0.39 is 12.1 Å². The third-order valence-electron chi connectivity index (χ3n) is 5.74. The van der Waals surface area contributed by atoms with Crippen LogP contribution in [0.4, 0.5) is 5.69 Å². The number of imide groups is 1. The van der Waals surface area contributed by atoms with Gasteiger partial charge in [-0.05, 0) is 50.5 Å². The summed E-state index contributed by atoms with van der Waals surface area (Å²) in [5, 5.41) is 0. The minimum Gasteiger partial charge on any atom is -0.453 e. The van der Waals surface area contributed by atoms with Crippen LogP contribution in [0.3, 0.4) is 0 Å². The average molecular weight is 420 g/mol. The number of nitrogens with zero attached hydrogens (tertiary/aromatic N) is 2. The summed E-state index contributed by atoms with van der Waals surface area (Å²) in [6, 6.07) is 14.4. The molecule has 0 spiro atoms. The Morgan fingerprint density at radius 3 is 2.32 bits per heavy atom. The summed E-state index contributed by atoms with van der Waals surface area (Å²) in [4.78, 5) is 52.7. The molecule has 0 saturated heterocycles. The minimum absolute atomic E-state index is 0.000115. The lowest BCUT2D eigenvalue weighted by molar-refractivity contribution is -0.154. The van der Waals surface area contributed by atoms with Crippen LogP contribution >= 0.6 is 0 Å². The van der Waals surface area contributed by atoms with Crippen molar-refractivity contribution >= 4 is 29.4 Å². The number of hydrogen-bond donors (Lipinski definition) is 0. The molecule has 160 valence electrons. The summed E-state index contributed by atoms with van der Waals surface area (Å²) in [6.45, 7) is 3.66. The van der Waals surface area contributed by atoms with Crippen LogP contribution < -0.4 is 4.90 Å². The Hall–Kier alpha value is -3.48. The molecule has 0 saturated carbocycles. The summed E-state index contributed by atoms with van der Waals surface area (Å²) in [6.07, 6.45) is 0.134. The fourth-order valence-electron chi connectivity index (χ4n) is 4.23. The highest BCUT2D eigenvalue weighted by molar-refractivity contribution is 6.21. The lowest BCUT2D eigenvalue weighted by Crippen LogP contribution is -2.43. The smallest absolute Gasteiger partial charge is 0.306 e. The molecule has 2 aliphatic rings. The monoisotopic (exact) mass is 420 g/mol. The van der Waals surface area contributed by atoms with E-state index in [0.29, 0.717) is 11.1 Å². The fraction of sp³-hybridized carbons (Fsp3) is 0.333. The summed E-state index contributed by atoms with van der Waals surface area (Å²) in [5.41, 5.74) is 2.72. The Labute approximate surface area is 180 Å². The lowest BCUT2D eigenvalue weighted by atomic mass is 10.1. The van der Waals surface area contributed by atoms with Gasteiger partial charge in [-0.25, -0.2) is 0 Å². The first-order valence-electron chi connectivity index (χ1n) is 10.4. The second-order valence-corrected chi connectivity index (χ2v) is 7.93. The van der Waals surface area contributed by atoms with Crippen LogP contribution in [0.2, 0.25) is 0 Å². The quantitative estimate of drug-likeness (QED) is 0.530. The molecule has 2 heterocycles. The molecular weight excluding hydrogens is 396 g/mol. The van der Waals surface area contributed by atoms with Crippen LogP contribution in [0, 0.1) is 0 Å². The molecule has 0 aromatic heterocycles. The minimum atomic E-state index is -0.916. The maximum absolute atomic E-state index is 12.9. The van der Waals surface area contributed by atoms with Crippen LogP contribution in [-0.2, 0) is 20.7 Å². The number of carbonyl (C=O) groups is 4. The van der Waals surface area contributed by atoms with Crippen molar-refractivity contribution in [3.05, 3.63) is 65.2 Å². The van der Waals surface area contributed by atoms with Crippen molar-refractivity contribution < 1.29 is 23.9 Å². The average Bonchev–Trinajstić information content (AvgIpc) is 3.22. The molecule has 0 unspecified atom stereocenters. The molecule has 0 aliphatic carbocycles. The maximum Gasteiger partial charge on any atom is 0.306 e. The third-order valence-corrected chi connectivity index (χ3v) is 5.74. The number of esters is 1. The second kappa shape index (κ2) is 8.34. The molecule has 7 nitrogen and oxygen atoms in total. The van der Waals surface area contributed by atoms with Gasteiger partial charge in [0.25, 0.3) is 17.7 Å². The Bertz CT molecular complexity index is 1030. The molecule has 3 amide bonds. The summed E-state index contributed by atoms with van der Waals surface area (Å²) in [5.74, 6) is -1.48. The van der Waals surface area contributed by atoms with Crippen molar-refractivity contribution in [2.75, 3.05) is 11.4 Å². The number of ether oxygens (including phenoxy) is 1. The predicted octanol–water partition coefficient (Wildman–Crippen LogP) is 2.97. The van der Waals surface area contributed by atoms with Crippen LogP contribution in [0.25, 0.3) is 0 Å². The first kappa shape index (κ1) is 20.8. The SMILES string of the molecule is C[C@H](OC(=O)CCCN1C(=O)c2ccccc2C1=O)C(=O)N1c2ccccc2C[C@@H]1C. The Morgan fingerprint density at radius 2 is 1.65 bits per heavy atom. The van der Waals surface area contributed by atoms with Crippen molar-refractivity contribution in [2.24, 2.45) is 0 Å². The molecule has 0 bridgehead atoms. The van der Waals surface area contributed by atoms with Gasteiger partial charge in [-0.1, -0.05) is 30.3 Å². The van der Waals surface area contributed by atoms with Crippen molar-refractivity contribution in [3.63, 3.8) is 0 Å². The van der Waals surface area contributed by atoms with Gasteiger partial charge in [0.1, 0.15) is 0 Å². The third kappa shape index (κ3) is 3.83. The van der Waals surface area contributed by atoms with Crippen LogP contribution in [0.1, 0.15) is 53.0 Å². The normalized spacial score (nSPS) is 18.1. The second-order valence-electron chi connectivity index (χ2n) is 7.93. The van der Waals surface area contributed by atoms with Gasteiger partial charge >= 0.3 is 5.97 Å². The largest absolute Gasteiger partial charge is 0.453 e. The van der Waals surface area contributed by atoms with E-state index >= 15 is 0 Å². The molecule has 0 N–H and O–H groups in total. The van der Waals surface area contributed by atoms with Gasteiger partial charge in [-0.2, -0.15) is 0 Å². The maximum atomic E-state index is 12.9. The zero-order valence-electron chi connectivity index (χ0n) is 17.5. The highest BCUT2D eigenvalue weighted by Gasteiger charge is 2.36.